The highest BCUT2D eigenvalue weighted by atomic mass is 16.6. The van der Waals surface area contributed by atoms with E-state index in [0.29, 0.717) is 6.42 Å². The van der Waals surface area contributed by atoms with E-state index < -0.39 is 11.9 Å². The summed E-state index contributed by atoms with van der Waals surface area (Å²) in [6.07, 6.45) is 0.477. The van der Waals surface area contributed by atoms with Crippen LogP contribution in [0, 0.1) is 0 Å². The standard InChI is InChI=1S/C18H18O5/c1-3-12(2)22-18(21)15-6-4-5-7-16(15)23-17(20)13-8-10-14(19)11-9-13/h4-12,19H,3H2,1-2H3. The molecule has 0 radical (unpaired) electrons. The zero-order valence-electron chi connectivity index (χ0n) is 13.0. The number of carbonyl (C=O) groups is 2. The Labute approximate surface area is 134 Å². The van der Waals surface area contributed by atoms with Crippen molar-refractivity contribution in [2.45, 2.75) is 26.4 Å². The topological polar surface area (TPSA) is 72.8 Å². The molecule has 5 nitrogen and oxygen atoms in total. The van der Waals surface area contributed by atoms with E-state index in [1.807, 2.05) is 6.92 Å². The molecule has 0 saturated carbocycles. The van der Waals surface area contributed by atoms with E-state index in [1.54, 1.807) is 25.1 Å². The molecule has 0 aliphatic heterocycles. The molecule has 2 aromatic rings. The minimum atomic E-state index is -0.617. The highest BCUT2D eigenvalue weighted by molar-refractivity contribution is 5.96. The van der Waals surface area contributed by atoms with Gasteiger partial charge in [0, 0.05) is 0 Å². The Kier molecular flexibility index (Phi) is 5.36. The Balaban J connectivity index is 2.18. The first-order chi connectivity index (χ1) is 11.0. The third kappa shape index (κ3) is 4.32. The molecule has 0 bridgehead atoms. The normalized spacial score (nSPS) is 11.6. The van der Waals surface area contributed by atoms with Gasteiger partial charge in [0.15, 0.2) is 0 Å². The fourth-order valence-electron chi connectivity index (χ4n) is 1.81. The van der Waals surface area contributed by atoms with Gasteiger partial charge in [-0.2, -0.15) is 0 Å². The predicted molar refractivity (Wildman–Crippen MR) is 84.7 cm³/mol. The first kappa shape index (κ1) is 16.5. The third-order valence-corrected chi connectivity index (χ3v) is 3.30. The quantitative estimate of drug-likeness (QED) is 0.674. The van der Waals surface area contributed by atoms with E-state index in [9.17, 15) is 14.7 Å². The van der Waals surface area contributed by atoms with Gasteiger partial charge in [0.05, 0.1) is 11.7 Å². The van der Waals surface area contributed by atoms with E-state index in [0.717, 1.165) is 0 Å². The molecule has 0 heterocycles. The van der Waals surface area contributed by atoms with Crippen molar-refractivity contribution in [2.24, 2.45) is 0 Å². The molecule has 0 fully saturated rings. The van der Waals surface area contributed by atoms with Gasteiger partial charge in [-0.15, -0.1) is 0 Å². The number of phenols is 1. The van der Waals surface area contributed by atoms with Crippen molar-refractivity contribution in [3.8, 4) is 11.5 Å². The number of phenolic OH excluding ortho intramolecular Hbond substituents is 1. The largest absolute Gasteiger partial charge is 0.508 e. The summed E-state index contributed by atoms with van der Waals surface area (Å²) in [7, 11) is 0. The number of ether oxygens (including phenoxy) is 2. The monoisotopic (exact) mass is 314 g/mol. The number of para-hydroxylation sites is 1. The zero-order valence-corrected chi connectivity index (χ0v) is 13.0. The maximum absolute atomic E-state index is 12.2. The van der Waals surface area contributed by atoms with E-state index in [4.69, 9.17) is 9.47 Å². The van der Waals surface area contributed by atoms with Crippen LogP contribution in [-0.2, 0) is 4.74 Å². The van der Waals surface area contributed by atoms with Gasteiger partial charge < -0.3 is 14.6 Å². The van der Waals surface area contributed by atoms with E-state index >= 15 is 0 Å². The van der Waals surface area contributed by atoms with Crippen molar-refractivity contribution in [3.05, 3.63) is 59.7 Å². The van der Waals surface area contributed by atoms with Crippen LogP contribution in [0.5, 0.6) is 11.5 Å². The summed E-state index contributed by atoms with van der Waals surface area (Å²) in [6, 6.07) is 12.1. The van der Waals surface area contributed by atoms with Crippen LogP contribution in [0.25, 0.3) is 0 Å². The average Bonchev–Trinajstić information content (AvgIpc) is 2.55. The van der Waals surface area contributed by atoms with Crippen LogP contribution < -0.4 is 4.74 Å². The number of hydrogen-bond donors (Lipinski definition) is 1. The van der Waals surface area contributed by atoms with Gasteiger partial charge >= 0.3 is 11.9 Å². The minimum Gasteiger partial charge on any atom is -0.508 e. The molecular weight excluding hydrogens is 296 g/mol. The highest BCUT2D eigenvalue weighted by Crippen LogP contribution is 2.21. The van der Waals surface area contributed by atoms with Gasteiger partial charge in [0.2, 0.25) is 0 Å². The maximum atomic E-state index is 12.2. The van der Waals surface area contributed by atoms with Crippen LogP contribution in [0.2, 0.25) is 0 Å². The molecule has 0 saturated heterocycles. The average molecular weight is 314 g/mol. The lowest BCUT2D eigenvalue weighted by Gasteiger charge is -2.13. The Bertz CT molecular complexity index is 691. The smallest absolute Gasteiger partial charge is 0.343 e. The van der Waals surface area contributed by atoms with Crippen molar-refractivity contribution in [1.82, 2.24) is 0 Å². The fourth-order valence-corrected chi connectivity index (χ4v) is 1.81. The molecule has 1 N–H and O–H groups in total. The maximum Gasteiger partial charge on any atom is 0.343 e. The van der Waals surface area contributed by atoms with Crippen molar-refractivity contribution >= 4 is 11.9 Å². The summed E-state index contributed by atoms with van der Waals surface area (Å²) in [6.45, 7) is 3.71. The second kappa shape index (κ2) is 7.45. The fraction of sp³-hybridized carbons (Fsp3) is 0.222. The van der Waals surface area contributed by atoms with Crippen LogP contribution in [0.1, 0.15) is 41.0 Å². The van der Waals surface area contributed by atoms with Gasteiger partial charge in [-0.25, -0.2) is 9.59 Å². The number of aromatic hydroxyl groups is 1. The van der Waals surface area contributed by atoms with Gasteiger partial charge in [-0.3, -0.25) is 0 Å². The molecule has 0 aromatic heterocycles. The number of rotatable bonds is 5. The molecule has 0 amide bonds. The predicted octanol–water partition coefficient (Wildman–Crippen LogP) is 3.57. The van der Waals surface area contributed by atoms with Crippen molar-refractivity contribution in [2.75, 3.05) is 0 Å². The molecule has 2 aromatic carbocycles. The Hall–Kier alpha value is -2.82. The molecule has 23 heavy (non-hydrogen) atoms. The number of benzene rings is 2. The van der Waals surface area contributed by atoms with Gasteiger partial charge in [-0.1, -0.05) is 19.1 Å². The number of hydrogen-bond acceptors (Lipinski definition) is 5. The van der Waals surface area contributed by atoms with Crippen molar-refractivity contribution in [1.29, 1.82) is 0 Å². The molecule has 2 rings (SSSR count). The summed E-state index contributed by atoms with van der Waals surface area (Å²) in [5.74, 6) is -0.958. The van der Waals surface area contributed by atoms with Gasteiger partial charge in [-0.05, 0) is 49.7 Å². The van der Waals surface area contributed by atoms with Crippen molar-refractivity contribution < 1.29 is 24.2 Å². The Morgan fingerprint density at radius 3 is 2.35 bits per heavy atom. The Morgan fingerprint density at radius 2 is 1.70 bits per heavy atom. The zero-order chi connectivity index (χ0) is 16.8. The van der Waals surface area contributed by atoms with Crippen LogP contribution in [0.3, 0.4) is 0 Å². The molecule has 1 atom stereocenters. The molecule has 0 aliphatic carbocycles. The number of carbonyl (C=O) groups excluding carboxylic acids is 2. The highest BCUT2D eigenvalue weighted by Gasteiger charge is 2.18. The van der Waals surface area contributed by atoms with E-state index in [-0.39, 0.29) is 28.7 Å². The summed E-state index contributed by atoms with van der Waals surface area (Å²) >= 11 is 0. The molecular formula is C18H18O5. The molecule has 5 heteroatoms. The van der Waals surface area contributed by atoms with E-state index in [1.165, 1.54) is 30.3 Å². The van der Waals surface area contributed by atoms with Crippen LogP contribution in [-0.4, -0.2) is 23.1 Å². The summed E-state index contributed by atoms with van der Waals surface area (Å²) < 4.78 is 10.6. The summed E-state index contributed by atoms with van der Waals surface area (Å²) in [5.41, 5.74) is 0.466. The first-order valence-electron chi connectivity index (χ1n) is 7.32. The SMILES string of the molecule is CCC(C)OC(=O)c1ccccc1OC(=O)c1ccc(O)cc1. The molecule has 1 unspecified atom stereocenters. The van der Waals surface area contributed by atoms with Gasteiger partial charge in [0.25, 0.3) is 0 Å². The first-order valence-corrected chi connectivity index (χ1v) is 7.32. The minimum absolute atomic E-state index is 0.0547. The summed E-state index contributed by atoms with van der Waals surface area (Å²) in [5, 5.41) is 9.24. The lowest BCUT2D eigenvalue weighted by molar-refractivity contribution is 0.0330. The lowest BCUT2D eigenvalue weighted by atomic mass is 10.2. The van der Waals surface area contributed by atoms with Crippen LogP contribution in [0.4, 0.5) is 0 Å². The lowest BCUT2D eigenvalue weighted by Crippen LogP contribution is -2.16. The van der Waals surface area contributed by atoms with Crippen molar-refractivity contribution in [3.63, 3.8) is 0 Å². The second-order valence-corrected chi connectivity index (χ2v) is 5.06. The Morgan fingerprint density at radius 1 is 1.04 bits per heavy atom. The van der Waals surface area contributed by atoms with Crippen LogP contribution >= 0.6 is 0 Å². The second-order valence-electron chi connectivity index (χ2n) is 5.06. The van der Waals surface area contributed by atoms with Gasteiger partial charge in [0.1, 0.15) is 17.1 Å². The number of esters is 2. The molecule has 0 aliphatic rings. The third-order valence-electron chi connectivity index (χ3n) is 3.30. The molecule has 120 valence electrons. The van der Waals surface area contributed by atoms with Crippen LogP contribution in [0.15, 0.2) is 48.5 Å². The molecule has 0 spiro atoms. The summed E-state index contributed by atoms with van der Waals surface area (Å²) in [4.78, 5) is 24.3. The van der Waals surface area contributed by atoms with E-state index in [2.05, 4.69) is 0 Å².